The predicted octanol–water partition coefficient (Wildman–Crippen LogP) is 1.77. The van der Waals surface area contributed by atoms with Crippen LogP contribution in [-0.2, 0) is 4.79 Å². The molecular formula is C15H19N3O4. The number of non-ortho nitro benzene ring substituents is 1. The van der Waals surface area contributed by atoms with Crippen LogP contribution in [0.1, 0.15) is 42.5 Å². The van der Waals surface area contributed by atoms with E-state index in [1.807, 2.05) is 0 Å². The number of nitro benzene ring substituents is 1. The molecule has 2 N–H and O–H groups in total. The average Bonchev–Trinajstić information content (AvgIpc) is 2.53. The average molecular weight is 305 g/mol. The van der Waals surface area contributed by atoms with Crippen molar-refractivity contribution >= 4 is 17.5 Å². The smallest absolute Gasteiger partial charge is 0.270 e. The standard InChI is InChI=1S/C15H19N3O4/c19-14(17-12-6-2-1-3-7-12)10-16-15(20)11-5-4-8-13(9-11)18(21)22/h4-5,8-9,12H,1-3,6-7,10H2,(H,16,20)(H,17,19). The van der Waals surface area contributed by atoms with Crippen molar-refractivity contribution in [3.05, 3.63) is 39.9 Å². The molecule has 7 nitrogen and oxygen atoms in total. The van der Waals surface area contributed by atoms with Crippen LogP contribution < -0.4 is 10.6 Å². The third-order valence-corrected chi connectivity index (χ3v) is 3.70. The van der Waals surface area contributed by atoms with Crippen LogP contribution in [-0.4, -0.2) is 29.3 Å². The summed E-state index contributed by atoms with van der Waals surface area (Å²) in [5.74, 6) is -0.729. The summed E-state index contributed by atoms with van der Waals surface area (Å²) >= 11 is 0. The molecule has 0 radical (unpaired) electrons. The van der Waals surface area contributed by atoms with Gasteiger partial charge in [-0.3, -0.25) is 19.7 Å². The molecule has 0 aromatic heterocycles. The van der Waals surface area contributed by atoms with Gasteiger partial charge in [0, 0.05) is 23.7 Å². The Morgan fingerprint density at radius 3 is 2.64 bits per heavy atom. The van der Waals surface area contributed by atoms with E-state index in [1.54, 1.807) is 0 Å². The zero-order valence-electron chi connectivity index (χ0n) is 12.2. The van der Waals surface area contributed by atoms with Gasteiger partial charge in [-0.15, -0.1) is 0 Å². The van der Waals surface area contributed by atoms with Crippen molar-refractivity contribution in [3.8, 4) is 0 Å². The predicted molar refractivity (Wildman–Crippen MR) is 80.4 cm³/mol. The Morgan fingerprint density at radius 2 is 1.95 bits per heavy atom. The number of nitro groups is 1. The number of hydrogen-bond acceptors (Lipinski definition) is 4. The van der Waals surface area contributed by atoms with Crippen LogP contribution in [0, 0.1) is 10.1 Å². The number of rotatable bonds is 5. The van der Waals surface area contributed by atoms with E-state index >= 15 is 0 Å². The van der Waals surface area contributed by atoms with Gasteiger partial charge in [-0.2, -0.15) is 0 Å². The lowest BCUT2D eigenvalue weighted by Gasteiger charge is -2.22. The molecule has 7 heteroatoms. The third-order valence-electron chi connectivity index (χ3n) is 3.70. The monoisotopic (exact) mass is 305 g/mol. The number of nitrogens with one attached hydrogen (secondary N) is 2. The largest absolute Gasteiger partial charge is 0.352 e. The van der Waals surface area contributed by atoms with Crippen LogP contribution in [0.4, 0.5) is 5.69 Å². The summed E-state index contributed by atoms with van der Waals surface area (Å²) in [5, 5.41) is 16.0. The minimum Gasteiger partial charge on any atom is -0.352 e. The highest BCUT2D eigenvalue weighted by molar-refractivity contribution is 5.96. The minimum absolute atomic E-state index is 0.127. The topological polar surface area (TPSA) is 101 Å². The summed E-state index contributed by atoms with van der Waals surface area (Å²) in [6, 6.07) is 5.60. The van der Waals surface area contributed by atoms with Gasteiger partial charge >= 0.3 is 0 Å². The van der Waals surface area contributed by atoms with E-state index in [2.05, 4.69) is 10.6 Å². The van der Waals surface area contributed by atoms with Crippen molar-refractivity contribution in [3.63, 3.8) is 0 Å². The van der Waals surface area contributed by atoms with E-state index < -0.39 is 10.8 Å². The Bertz CT molecular complexity index is 568. The molecule has 0 aliphatic heterocycles. The highest BCUT2D eigenvalue weighted by Crippen LogP contribution is 2.17. The molecule has 1 saturated carbocycles. The Morgan fingerprint density at radius 1 is 1.23 bits per heavy atom. The maximum Gasteiger partial charge on any atom is 0.270 e. The molecule has 1 fully saturated rings. The Labute approximate surface area is 128 Å². The zero-order valence-corrected chi connectivity index (χ0v) is 12.2. The summed E-state index contributed by atoms with van der Waals surface area (Å²) in [4.78, 5) is 33.8. The molecule has 0 atom stereocenters. The van der Waals surface area contributed by atoms with Gasteiger partial charge in [0.1, 0.15) is 0 Å². The Balaban J connectivity index is 1.82. The molecule has 0 saturated heterocycles. The fraction of sp³-hybridized carbons (Fsp3) is 0.467. The van der Waals surface area contributed by atoms with Gasteiger partial charge in [0.2, 0.25) is 5.91 Å². The van der Waals surface area contributed by atoms with Crippen molar-refractivity contribution in [1.29, 1.82) is 0 Å². The summed E-state index contributed by atoms with van der Waals surface area (Å²) in [5.41, 5.74) is 0.0129. The number of amides is 2. The zero-order chi connectivity index (χ0) is 15.9. The highest BCUT2D eigenvalue weighted by atomic mass is 16.6. The highest BCUT2D eigenvalue weighted by Gasteiger charge is 2.16. The normalized spacial score (nSPS) is 15.1. The number of hydrogen-bond donors (Lipinski definition) is 2. The van der Waals surface area contributed by atoms with Gasteiger partial charge in [-0.1, -0.05) is 25.3 Å². The minimum atomic E-state index is -0.563. The van der Waals surface area contributed by atoms with Gasteiger partial charge in [0.15, 0.2) is 0 Å². The van der Waals surface area contributed by atoms with E-state index in [1.165, 1.54) is 30.7 Å². The Hall–Kier alpha value is -2.44. The van der Waals surface area contributed by atoms with E-state index in [0.717, 1.165) is 25.7 Å². The van der Waals surface area contributed by atoms with E-state index in [-0.39, 0.29) is 29.7 Å². The molecule has 1 aliphatic carbocycles. The van der Waals surface area contributed by atoms with Crippen molar-refractivity contribution in [2.75, 3.05) is 6.54 Å². The molecule has 0 unspecified atom stereocenters. The molecule has 0 spiro atoms. The van der Waals surface area contributed by atoms with Crippen LogP contribution in [0.5, 0.6) is 0 Å². The second-order valence-corrected chi connectivity index (χ2v) is 5.39. The molecule has 0 heterocycles. The molecule has 1 aromatic carbocycles. The Kier molecular flexibility index (Phi) is 5.46. The van der Waals surface area contributed by atoms with E-state index in [0.29, 0.717) is 0 Å². The molecule has 0 bridgehead atoms. The SMILES string of the molecule is O=C(CNC(=O)c1cccc([N+](=O)[O-])c1)NC1CCCCC1. The molecule has 22 heavy (non-hydrogen) atoms. The van der Waals surface area contributed by atoms with Gasteiger partial charge in [-0.25, -0.2) is 0 Å². The molecule has 1 aromatic rings. The second-order valence-electron chi connectivity index (χ2n) is 5.39. The van der Waals surface area contributed by atoms with Gasteiger partial charge < -0.3 is 10.6 Å². The van der Waals surface area contributed by atoms with Crippen LogP contribution in [0.2, 0.25) is 0 Å². The van der Waals surface area contributed by atoms with Crippen molar-refractivity contribution in [1.82, 2.24) is 10.6 Å². The third kappa shape index (κ3) is 4.54. The van der Waals surface area contributed by atoms with E-state index in [9.17, 15) is 19.7 Å². The van der Waals surface area contributed by atoms with Crippen molar-refractivity contribution in [2.45, 2.75) is 38.1 Å². The number of nitrogens with zero attached hydrogens (tertiary/aromatic N) is 1. The van der Waals surface area contributed by atoms with Gasteiger partial charge in [-0.05, 0) is 18.9 Å². The molecule has 118 valence electrons. The van der Waals surface area contributed by atoms with Gasteiger partial charge in [0.05, 0.1) is 11.5 Å². The van der Waals surface area contributed by atoms with Crippen molar-refractivity contribution in [2.24, 2.45) is 0 Å². The van der Waals surface area contributed by atoms with Gasteiger partial charge in [0.25, 0.3) is 11.6 Å². The first kappa shape index (κ1) is 15.9. The lowest BCUT2D eigenvalue weighted by atomic mass is 9.95. The maximum atomic E-state index is 11.9. The molecule has 2 rings (SSSR count). The van der Waals surface area contributed by atoms with E-state index in [4.69, 9.17) is 0 Å². The quantitative estimate of drug-likeness (QED) is 0.639. The summed E-state index contributed by atoms with van der Waals surface area (Å²) < 4.78 is 0. The first-order valence-electron chi connectivity index (χ1n) is 7.38. The summed E-state index contributed by atoms with van der Waals surface area (Å²) in [6.07, 6.45) is 5.39. The van der Waals surface area contributed by atoms with Crippen LogP contribution >= 0.6 is 0 Å². The summed E-state index contributed by atoms with van der Waals surface area (Å²) in [7, 11) is 0. The maximum absolute atomic E-state index is 11.9. The first-order chi connectivity index (χ1) is 10.6. The lowest BCUT2D eigenvalue weighted by molar-refractivity contribution is -0.384. The number of benzene rings is 1. The fourth-order valence-electron chi connectivity index (χ4n) is 2.55. The second kappa shape index (κ2) is 7.53. The molecule has 1 aliphatic rings. The summed E-state index contributed by atoms with van der Waals surface area (Å²) in [6.45, 7) is -0.127. The fourth-order valence-corrected chi connectivity index (χ4v) is 2.55. The van der Waals surface area contributed by atoms with Crippen LogP contribution in [0.25, 0.3) is 0 Å². The van der Waals surface area contributed by atoms with Crippen molar-refractivity contribution < 1.29 is 14.5 Å². The van der Waals surface area contributed by atoms with Crippen LogP contribution in [0.15, 0.2) is 24.3 Å². The number of carbonyl (C=O) groups excluding carboxylic acids is 2. The molecular weight excluding hydrogens is 286 g/mol. The lowest BCUT2D eigenvalue weighted by Crippen LogP contribution is -2.42. The number of carbonyl (C=O) groups is 2. The van der Waals surface area contributed by atoms with Crippen LogP contribution in [0.3, 0.4) is 0 Å². The molecule has 2 amide bonds. The first-order valence-corrected chi connectivity index (χ1v) is 7.38.